The van der Waals surface area contributed by atoms with Crippen molar-refractivity contribution >= 4 is 22.4 Å². The Morgan fingerprint density at radius 1 is 1.15 bits per heavy atom. The highest BCUT2D eigenvalue weighted by Gasteiger charge is 2.21. The molecule has 0 amide bonds. The van der Waals surface area contributed by atoms with E-state index in [1.54, 1.807) is 12.1 Å². The van der Waals surface area contributed by atoms with Gasteiger partial charge in [0.05, 0.1) is 22.6 Å². The number of halogens is 1. The van der Waals surface area contributed by atoms with Crippen molar-refractivity contribution in [2.24, 2.45) is 0 Å². The highest BCUT2D eigenvalue weighted by atomic mass is 35.5. The molecule has 0 spiro atoms. The first-order valence-corrected chi connectivity index (χ1v) is 9.60. The third-order valence-electron chi connectivity index (χ3n) is 5.18. The van der Waals surface area contributed by atoms with Crippen molar-refractivity contribution in [1.29, 1.82) is 0 Å². The molecule has 5 heteroatoms. The summed E-state index contributed by atoms with van der Waals surface area (Å²) in [5.74, 6) is 0. The third kappa shape index (κ3) is 3.92. The molecule has 4 rings (SSSR count). The zero-order chi connectivity index (χ0) is 22.3. The van der Waals surface area contributed by atoms with Crippen LogP contribution in [0.3, 0.4) is 0 Å². The largest absolute Gasteiger partial charge is 0.306 e. The predicted molar refractivity (Wildman–Crippen MR) is 111 cm³/mol. The van der Waals surface area contributed by atoms with Gasteiger partial charge in [-0.3, -0.25) is 4.79 Å². The van der Waals surface area contributed by atoms with Crippen LogP contribution in [0.1, 0.15) is 42.0 Å². The SMILES string of the molecule is [2H]c1c([2H])c([2H])c2c(=O)n(C3CCCN(C)CC3)nc(Cc3ccc(Cl)cc3)c2c1[2H]. The molecule has 2 aromatic carbocycles. The van der Waals surface area contributed by atoms with Gasteiger partial charge in [-0.1, -0.05) is 41.9 Å². The molecule has 1 atom stereocenters. The van der Waals surface area contributed by atoms with Crippen LogP contribution in [-0.4, -0.2) is 34.8 Å². The lowest BCUT2D eigenvalue weighted by molar-refractivity contribution is 0.334. The van der Waals surface area contributed by atoms with Gasteiger partial charge in [0, 0.05) is 16.8 Å². The summed E-state index contributed by atoms with van der Waals surface area (Å²) in [6, 6.07) is 5.86. The summed E-state index contributed by atoms with van der Waals surface area (Å²) < 4.78 is 34.5. The normalized spacial score (nSPS) is 20.6. The molecule has 0 saturated carbocycles. The van der Waals surface area contributed by atoms with E-state index in [0.29, 0.717) is 17.1 Å². The van der Waals surface area contributed by atoms with Gasteiger partial charge in [-0.15, -0.1) is 0 Å². The predicted octanol–water partition coefficient (Wildman–Crippen LogP) is 4.30. The average Bonchev–Trinajstić information content (AvgIpc) is 2.97. The molecule has 27 heavy (non-hydrogen) atoms. The van der Waals surface area contributed by atoms with E-state index in [0.717, 1.165) is 37.9 Å². The first-order valence-electron chi connectivity index (χ1n) is 11.2. The Labute approximate surface area is 170 Å². The van der Waals surface area contributed by atoms with E-state index in [-0.39, 0.29) is 34.9 Å². The fraction of sp³-hybridized carbons (Fsp3) is 0.364. The fourth-order valence-corrected chi connectivity index (χ4v) is 3.79. The quantitative estimate of drug-likeness (QED) is 0.674. The number of nitrogens with zero attached hydrogens (tertiary/aromatic N) is 3. The molecule has 1 fully saturated rings. The van der Waals surface area contributed by atoms with Gasteiger partial charge in [0.25, 0.3) is 5.56 Å². The van der Waals surface area contributed by atoms with Gasteiger partial charge < -0.3 is 4.90 Å². The molecule has 0 bridgehead atoms. The van der Waals surface area contributed by atoms with Gasteiger partial charge in [0.1, 0.15) is 0 Å². The molecule has 1 unspecified atom stereocenters. The first-order chi connectivity index (χ1) is 14.8. The van der Waals surface area contributed by atoms with Gasteiger partial charge >= 0.3 is 0 Å². The third-order valence-corrected chi connectivity index (χ3v) is 5.43. The van der Waals surface area contributed by atoms with Crippen molar-refractivity contribution in [3.63, 3.8) is 0 Å². The van der Waals surface area contributed by atoms with Crippen LogP contribution in [0.25, 0.3) is 10.8 Å². The smallest absolute Gasteiger partial charge is 0.274 e. The Hall–Kier alpha value is -2.17. The van der Waals surface area contributed by atoms with Crippen molar-refractivity contribution < 1.29 is 5.48 Å². The second kappa shape index (κ2) is 7.83. The Bertz CT molecular complexity index is 1200. The van der Waals surface area contributed by atoms with Crippen LogP contribution in [0.2, 0.25) is 5.02 Å². The minimum Gasteiger partial charge on any atom is -0.306 e. The van der Waals surface area contributed by atoms with Gasteiger partial charge in [-0.25, -0.2) is 4.68 Å². The maximum absolute atomic E-state index is 13.4. The van der Waals surface area contributed by atoms with Gasteiger partial charge in [0.15, 0.2) is 0 Å². The molecule has 1 aliphatic heterocycles. The second-order valence-corrected chi connectivity index (χ2v) is 7.57. The summed E-state index contributed by atoms with van der Waals surface area (Å²) in [6.07, 6.45) is 2.84. The summed E-state index contributed by atoms with van der Waals surface area (Å²) in [7, 11) is 2.06. The van der Waals surface area contributed by atoms with Crippen LogP contribution in [0.5, 0.6) is 0 Å². The molecule has 0 aliphatic carbocycles. The van der Waals surface area contributed by atoms with Crippen LogP contribution < -0.4 is 5.56 Å². The molecule has 2 heterocycles. The Morgan fingerprint density at radius 2 is 1.89 bits per heavy atom. The lowest BCUT2D eigenvalue weighted by Crippen LogP contribution is -2.29. The van der Waals surface area contributed by atoms with Crippen molar-refractivity contribution in [2.45, 2.75) is 31.7 Å². The van der Waals surface area contributed by atoms with Crippen molar-refractivity contribution in [3.05, 3.63) is 75.1 Å². The van der Waals surface area contributed by atoms with E-state index in [9.17, 15) is 4.79 Å². The van der Waals surface area contributed by atoms with Gasteiger partial charge in [-0.2, -0.15) is 5.10 Å². The maximum atomic E-state index is 13.4. The van der Waals surface area contributed by atoms with Gasteiger partial charge in [-0.05, 0) is 63.1 Å². The molecule has 1 aliphatic rings. The molecular weight excluding hydrogens is 358 g/mol. The van der Waals surface area contributed by atoms with Crippen molar-refractivity contribution in [2.75, 3.05) is 20.1 Å². The number of benzene rings is 2. The Kier molecular flexibility index (Phi) is 4.04. The Balaban J connectivity index is 1.96. The fourth-order valence-electron chi connectivity index (χ4n) is 3.66. The standard InChI is InChI=1S/C22H24ClN3O/c1-25-13-4-5-18(12-14-25)26-22(27)20-7-3-2-6-19(20)21(24-26)15-16-8-10-17(23)11-9-16/h2-3,6-11,18H,4-5,12-15H2,1H3/i2D,3D,6D,7D. The average molecular weight is 386 g/mol. The lowest BCUT2D eigenvalue weighted by Gasteiger charge is -2.19. The number of hydrogen-bond donors (Lipinski definition) is 0. The van der Waals surface area contributed by atoms with Crippen LogP contribution in [0, 0.1) is 0 Å². The van der Waals surface area contributed by atoms with Crippen LogP contribution in [0.4, 0.5) is 0 Å². The van der Waals surface area contributed by atoms with Crippen molar-refractivity contribution in [1.82, 2.24) is 14.7 Å². The zero-order valence-electron chi connectivity index (χ0n) is 19.3. The molecule has 1 saturated heterocycles. The van der Waals surface area contributed by atoms with E-state index in [2.05, 4.69) is 17.0 Å². The highest BCUT2D eigenvalue weighted by Crippen LogP contribution is 2.23. The summed E-state index contributed by atoms with van der Waals surface area (Å²) >= 11 is 6.00. The van der Waals surface area contributed by atoms with Crippen LogP contribution in [-0.2, 0) is 6.42 Å². The Morgan fingerprint density at radius 3 is 2.67 bits per heavy atom. The molecule has 3 aromatic rings. The van der Waals surface area contributed by atoms with E-state index in [4.69, 9.17) is 17.1 Å². The molecular formula is C22H24ClN3O. The number of rotatable bonds is 3. The monoisotopic (exact) mass is 385 g/mol. The minimum absolute atomic E-state index is 0.0163. The molecule has 0 N–H and O–H groups in total. The topological polar surface area (TPSA) is 38.1 Å². The number of hydrogen-bond acceptors (Lipinski definition) is 3. The number of aromatic nitrogens is 2. The van der Waals surface area contributed by atoms with E-state index in [1.165, 1.54) is 4.68 Å². The summed E-state index contributed by atoms with van der Waals surface area (Å²) in [5.41, 5.74) is 0.925. The maximum Gasteiger partial charge on any atom is 0.274 e. The zero-order valence-corrected chi connectivity index (χ0v) is 16.0. The lowest BCUT2D eigenvalue weighted by atomic mass is 10.0. The summed E-state index contributed by atoms with van der Waals surface area (Å²) in [6.45, 7) is 1.80. The first kappa shape index (κ1) is 13.9. The molecule has 140 valence electrons. The van der Waals surface area contributed by atoms with Gasteiger partial charge in [0.2, 0.25) is 0 Å². The van der Waals surface area contributed by atoms with Crippen molar-refractivity contribution in [3.8, 4) is 0 Å². The van der Waals surface area contributed by atoms with E-state index in [1.807, 2.05) is 12.1 Å². The number of likely N-dealkylation sites (tertiary alicyclic amines) is 1. The minimum atomic E-state index is -0.448. The molecule has 1 aromatic heterocycles. The van der Waals surface area contributed by atoms with E-state index < -0.39 is 11.6 Å². The number of fused-ring (bicyclic) bond motifs is 1. The van der Waals surface area contributed by atoms with Crippen LogP contribution >= 0.6 is 11.6 Å². The molecule has 4 nitrogen and oxygen atoms in total. The highest BCUT2D eigenvalue weighted by molar-refractivity contribution is 6.30. The van der Waals surface area contributed by atoms with Crippen LogP contribution in [0.15, 0.2) is 53.2 Å². The summed E-state index contributed by atoms with van der Waals surface area (Å²) in [4.78, 5) is 15.7. The van der Waals surface area contributed by atoms with E-state index >= 15 is 0 Å². The molecule has 0 radical (unpaired) electrons. The summed E-state index contributed by atoms with van der Waals surface area (Å²) in [5, 5.41) is 5.51. The second-order valence-electron chi connectivity index (χ2n) is 7.14.